The first-order chi connectivity index (χ1) is 7.35. The van der Waals surface area contributed by atoms with E-state index < -0.39 is 0 Å². The van der Waals surface area contributed by atoms with Gasteiger partial charge in [0, 0.05) is 24.4 Å². The zero-order chi connectivity index (χ0) is 10.7. The van der Waals surface area contributed by atoms with Gasteiger partial charge >= 0.3 is 0 Å². The van der Waals surface area contributed by atoms with E-state index in [-0.39, 0.29) is 13.4 Å². The van der Waals surface area contributed by atoms with Crippen molar-refractivity contribution in [2.45, 2.75) is 6.61 Å². The first kappa shape index (κ1) is 9.64. The lowest BCUT2D eigenvalue weighted by atomic mass is 10.1. The predicted octanol–water partition coefficient (Wildman–Crippen LogP) is 1.13. The number of carbonyl (C=O) groups excluding carboxylic acids is 1. The molecule has 5 heteroatoms. The van der Waals surface area contributed by atoms with Gasteiger partial charge in [-0.05, 0) is 6.07 Å². The van der Waals surface area contributed by atoms with E-state index in [1.165, 1.54) is 0 Å². The van der Waals surface area contributed by atoms with Crippen molar-refractivity contribution in [3.8, 4) is 11.5 Å². The first-order valence-electron chi connectivity index (χ1n) is 4.50. The van der Waals surface area contributed by atoms with Crippen molar-refractivity contribution in [1.82, 2.24) is 0 Å². The number of benzene rings is 1. The van der Waals surface area contributed by atoms with E-state index in [1.807, 2.05) is 6.07 Å². The third-order valence-corrected chi connectivity index (χ3v) is 2.17. The van der Waals surface area contributed by atoms with E-state index >= 15 is 0 Å². The van der Waals surface area contributed by atoms with Crippen molar-refractivity contribution >= 4 is 12.2 Å². The smallest absolute Gasteiger partial charge is 0.293 e. The van der Waals surface area contributed by atoms with Crippen LogP contribution < -0.4 is 14.8 Å². The van der Waals surface area contributed by atoms with Gasteiger partial charge in [-0.15, -0.1) is 0 Å². The standard InChI is InChI=1S/C10H11NO4/c1-11-8-3-10-9(14-6-15-10)2-7(8)4-13-5-12/h2-3,5,11H,4,6H2,1H3. The van der Waals surface area contributed by atoms with Crippen LogP contribution in [0.4, 0.5) is 5.69 Å². The highest BCUT2D eigenvalue weighted by Gasteiger charge is 2.16. The Kier molecular flexibility index (Phi) is 2.62. The molecule has 0 aliphatic carbocycles. The molecule has 0 bridgehead atoms. The average Bonchev–Trinajstić information content (AvgIpc) is 2.71. The Morgan fingerprint density at radius 3 is 2.87 bits per heavy atom. The fourth-order valence-corrected chi connectivity index (χ4v) is 1.46. The second-order valence-corrected chi connectivity index (χ2v) is 3.02. The number of hydrogen-bond acceptors (Lipinski definition) is 5. The average molecular weight is 209 g/mol. The van der Waals surface area contributed by atoms with Crippen LogP contribution in [0, 0.1) is 0 Å². The Balaban J connectivity index is 2.30. The largest absolute Gasteiger partial charge is 0.463 e. The molecule has 1 aromatic carbocycles. The molecule has 5 nitrogen and oxygen atoms in total. The maximum Gasteiger partial charge on any atom is 0.293 e. The van der Waals surface area contributed by atoms with Crippen molar-refractivity contribution in [3.05, 3.63) is 17.7 Å². The molecule has 0 spiro atoms. The Hall–Kier alpha value is -1.91. The molecule has 0 saturated heterocycles. The van der Waals surface area contributed by atoms with Crippen molar-refractivity contribution in [1.29, 1.82) is 0 Å². The van der Waals surface area contributed by atoms with Gasteiger partial charge in [-0.1, -0.05) is 0 Å². The molecule has 0 fully saturated rings. The third-order valence-electron chi connectivity index (χ3n) is 2.17. The van der Waals surface area contributed by atoms with E-state index in [1.54, 1.807) is 13.1 Å². The molecule has 0 aromatic heterocycles. The van der Waals surface area contributed by atoms with Crippen molar-refractivity contribution in [3.63, 3.8) is 0 Å². The summed E-state index contributed by atoms with van der Waals surface area (Å²) in [4.78, 5) is 10.1. The molecular formula is C10H11NO4. The molecule has 0 amide bonds. The van der Waals surface area contributed by atoms with Crippen LogP contribution in [0.25, 0.3) is 0 Å². The summed E-state index contributed by atoms with van der Waals surface area (Å²) < 4.78 is 15.2. The quantitative estimate of drug-likeness (QED) is 0.753. The van der Waals surface area contributed by atoms with Gasteiger partial charge in [-0.3, -0.25) is 4.79 Å². The van der Waals surface area contributed by atoms with Crippen molar-refractivity contribution < 1.29 is 19.0 Å². The van der Waals surface area contributed by atoms with Gasteiger partial charge in [0.05, 0.1) is 0 Å². The van der Waals surface area contributed by atoms with Gasteiger partial charge in [0.15, 0.2) is 11.5 Å². The Labute approximate surface area is 86.9 Å². The van der Waals surface area contributed by atoms with Crippen molar-refractivity contribution in [2.75, 3.05) is 19.2 Å². The third kappa shape index (κ3) is 1.81. The van der Waals surface area contributed by atoms with Crippen LogP contribution in [0.5, 0.6) is 11.5 Å². The molecule has 0 saturated carbocycles. The molecule has 1 aliphatic heterocycles. The zero-order valence-electron chi connectivity index (χ0n) is 8.28. The van der Waals surface area contributed by atoms with Gasteiger partial charge in [0.1, 0.15) is 6.61 Å². The van der Waals surface area contributed by atoms with E-state index in [9.17, 15) is 4.79 Å². The van der Waals surface area contributed by atoms with E-state index in [4.69, 9.17) is 14.2 Å². The molecule has 1 heterocycles. The van der Waals surface area contributed by atoms with Gasteiger partial charge < -0.3 is 19.5 Å². The van der Waals surface area contributed by atoms with Gasteiger partial charge in [0.25, 0.3) is 6.47 Å². The molecule has 0 atom stereocenters. The summed E-state index contributed by atoms with van der Waals surface area (Å²) in [6, 6.07) is 3.63. The minimum Gasteiger partial charge on any atom is -0.463 e. The highest BCUT2D eigenvalue weighted by Crippen LogP contribution is 2.37. The van der Waals surface area contributed by atoms with Crippen LogP contribution in [-0.4, -0.2) is 20.3 Å². The van der Waals surface area contributed by atoms with Crippen LogP contribution in [-0.2, 0) is 16.1 Å². The number of rotatable bonds is 4. The molecule has 15 heavy (non-hydrogen) atoms. The number of hydrogen-bond donors (Lipinski definition) is 1. The number of ether oxygens (including phenoxy) is 3. The normalized spacial score (nSPS) is 12.3. The number of fused-ring (bicyclic) bond motifs is 1. The summed E-state index contributed by atoms with van der Waals surface area (Å²) in [6.07, 6.45) is 0. The minimum atomic E-state index is 0.219. The molecule has 80 valence electrons. The molecule has 2 rings (SSSR count). The molecule has 1 aromatic rings. The van der Waals surface area contributed by atoms with Crippen molar-refractivity contribution in [2.24, 2.45) is 0 Å². The highest BCUT2D eigenvalue weighted by atomic mass is 16.7. The summed E-state index contributed by atoms with van der Waals surface area (Å²) in [5.41, 5.74) is 1.72. The van der Waals surface area contributed by atoms with E-state index in [0.29, 0.717) is 18.0 Å². The molecule has 0 unspecified atom stereocenters. The minimum absolute atomic E-state index is 0.219. The van der Waals surface area contributed by atoms with Gasteiger partial charge in [-0.25, -0.2) is 0 Å². The predicted molar refractivity (Wildman–Crippen MR) is 53.0 cm³/mol. The summed E-state index contributed by atoms with van der Waals surface area (Å²) >= 11 is 0. The fourth-order valence-electron chi connectivity index (χ4n) is 1.46. The summed E-state index contributed by atoms with van der Waals surface area (Å²) in [6.45, 7) is 0.872. The second-order valence-electron chi connectivity index (χ2n) is 3.02. The van der Waals surface area contributed by atoms with Crippen LogP contribution >= 0.6 is 0 Å². The van der Waals surface area contributed by atoms with Gasteiger partial charge in [-0.2, -0.15) is 0 Å². The Bertz CT molecular complexity index is 378. The number of nitrogens with one attached hydrogen (secondary N) is 1. The maximum absolute atomic E-state index is 10.1. The van der Waals surface area contributed by atoms with Crippen LogP contribution in [0.1, 0.15) is 5.56 Å². The van der Waals surface area contributed by atoms with E-state index in [2.05, 4.69) is 5.32 Å². The Morgan fingerprint density at radius 2 is 2.20 bits per heavy atom. The highest BCUT2D eigenvalue weighted by molar-refractivity contribution is 5.61. The molecular weight excluding hydrogens is 198 g/mol. The maximum atomic E-state index is 10.1. The van der Waals surface area contributed by atoms with Crippen LogP contribution in [0.15, 0.2) is 12.1 Å². The summed E-state index contributed by atoms with van der Waals surface area (Å²) in [7, 11) is 1.79. The molecule has 1 N–H and O–H groups in total. The topological polar surface area (TPSA) is 56.8 Å². The lowest BCUT2D eigenvalue weighted by Crippen LogP contribution is -1.98. The zero-order valence-corrected chi connectivity index (χ0v) is 8.28. The number of anilines is 1. The monoisotopic (exact) mass is 209 g/mol. The molecule has 1 aliphatic rings. The fraction of sp³-hybridized carbons (Fsp3) is 0.300. The SMILES string of the molecule is CNc1cc2c(cc1COC=O)OCO2. The Morgan fingerprint density at radius 1 is 1.47 bits per heavy atom. The van der Waals surface area contributed by atoms with E-state index in [0.717, 1.165) is 11.3 Å². The first-order valence-corrected chi connectivity index (χ1v) is 4.50. The molecule has 0 radical (unpaired) electrons. The number of carbonyl (C=O) groups is 1. The lowest BCUT2D eigenvalue weighted by molar-refractivity contribution is -0.129. The van der Waals surface area contributed by atoms with Gasteiger partial charge in [0.2, 0.25) is 6.79 Å². The lowest BCUT2D eigenvalue weighted by Gasteiger charge is -2.09. The van der Waals surface area contributed by atoms with Crippen LogP contribution in [0.3, 0.4) is 0 Å². The summed E-state index contributed by atoms with van der Waals surface area (Å²) in [5.74, 6) is 1.38. The second kappa shape index (κ2) is 4.08. The van der Waals surface area contributed by atoms with Crippen LogP contribution in [0.2, 0.25) is 0 Å². The summed E-state index contributed by atoms with van der Waals surface area (Å²) in [5, 5.41) is 3.00.